The number of nitrogens with one attached hydrogen (secondary N) is 2. The first-order valence-electron chi connectivity index (χ1n) is 8.57. The van der Waals surface area contributed by atoms with E-state index in [4.69, 9.17) is 11.6 Å². The van der Waals surface area contributed by atoms with Gasteiger partial charge in [-0.25, -0.2) is 9.78 Å². The number of nitrogens with zero attached hydrogens (tertiary/aromatic N) is 4. The predicted octanol–water partition coefficient (Wildman–Crippen LogP) is 3.75. The van der Waals surface area contributed by atoms with Crippen molar-refractivity contribution in [3.63, 3.8) is 0 Å². The van der Waals surface area contributed by atoms with E-state index in [1.165, 1.54) is 0 Å². The van der Waals surface area contributed by atoms with Gasteiger partial charge in [-0.15, -0.1) is 0 Å². The molecule has 1 aromatic carbocycles. The second kappa shape index (κ2) is 7.78. The molecular weight excluding hydrogens is 352 g/mol. The molecule has 3 rings (SSSR count). The van der Waals surface area contributed by atoms with Crippen LogP contribution in [0.25, 0.3) is 0 Å². The van der Waals surface area contributed by atoms with Gasteiger partial charge >= 0.3 is 6.03 Å². The van der Waals surface area contributed by atoms with Gasteiger partial charge in [-0.1, -0.05) is 17.7 Å². The summed E-state index contributed by atoms with van der Waals surface area (Å²) in [5.74, 6) is 1.35. The molecule has 1 saturated heterocycles. The summed E-state index contributed by atoms with van der Waals surface area (Å²) in [6.45, 7) is 3.87. The maximum atomic E-state index is 12.4. The number of benzene rings is 1. The third kappa shape index (κ3) is 4.16. The molecule has 26 heavy (non-hydrogen) atoms. The second-order valence-corrected chi connectivity index (χ2v) is 6.97. The fourth-order valence-corrected chi connectivity index (χ4v) is 3.14. The van der Waals surface area contributed by atoms with Crippen molar-refractivity contribution in [1.82, 2.24) is 9.97 Å². The first-order chi connectivity index (χ1) is 12.4. The number of anilines is 4. The largest absolute Gasteiger partial charge is 0.361 e. The number of aryl methyl sites for hydroxylation is 1. The molecule has 0 spiro atoms. The molecular formula is C18H23ClN6O. The Labute approximate surface area is 158 Å². The van der Waals surface area contributed by atoms with E-state index in [2.05, 4.69) is 25.5 Å². The topological polar surface area (TPSA) is 73.4 Å². The van der Waals surface area contributed by atoms with Gasteiger partial charge in [0.2, 0.25) is 5.95 Å². The van der Waals surface area contributed by atoms with E-state index in [9.17, 15) is 4.79 Å². The van der Waals surface area contributed by atoms with Gasteiger partial charge in [0.05, 0.1) is 16.9 Å². The first kappa shape index (κ1) is 18.3. The van der Waals surface area contributed by atoms with Gasteiger partial charge in [0, 0.05) is 27.2 Å². The second-order valence-electron chi connectivity index (χ2n) is 6.56. The third-order valence-electron chi connectivity index (χ3n) is 4.19. The lowest BCUT2D eigenvalue weighted by molar-refractivity contribution is 0.262. The van der Waals surface area contributed by atoms with Crippen molar-refractivity contribution in [2.45, 2.75) is 19.8 Å². The SMILES string of the molecule is Cc1ccc(NC(=O)Nc2cnc(N3CCCC3)nc2N(C)C)c(Cl)c1. The molecule has 0 saturated carbocycles. The molecule has 0 bridgehead atoms. The number of amides is 2. The highest BCUT2D eigenvalue weighted by Gasteiger charge is 2.18. The van der Waals surface area contributed by atoms with E-state index >= 15 is 0 Å². The smallest absolute Gasteiger partial charge is 0.323 e. The summed E-state index contributed by atoms with van der Waals surface area (Å²) in [7, 11) is 3.77. The Kier molecular flexibility index (Phi) is 5.46. The molecule has 138 valence electrons. The molecule has 1 aromatic heterocycles. The van der Waals surface area contributed by atoms with Crippen LogP contribution >= 0.6 is 11.6 Å². The van der Waals surface area contributed by atoms with E-state index in [-0.39, 0.29) is 0 Å². The van der Waals surface area contributed by atoms with Crippen LogP contribution in [0.4, 0.5) is 27.9 Å². The Bertz CT molecular complexity index is 804. The molecule has 2 heterocycles. The van der Waals surface area contributed by atoms with E-state index in [1.807, 2.05) is 32.0 Å². The zero-order valence-electron chi connectivity index (χ0n) is 15.2. The third-order valence-corrected chi connectivity index (χ3v) is 4.50. The van der Waals surface area contributed by atoms with Gasteiger partial charge < -0.3 is 20.4 Å². The van der Waals surface area contributed by atoms with Crippen molar-refractivity contribution in [1.29, 1.82) is 0 Å². The minimum absolute atomic E-state index is 0.392. The van der Waals surface area contributed by atoms with Crippen LogP contribution in [0.5, 0.6) is 0 Å². The number of carbonyl (C=O) groups excluding carboxylic acids is 1. The minimum atomic E-state index is -0.392. The Morgan fingerprint density at radius 2 is 1.88 bits per heavy atom. The predicted molar refractivity (Wildman–Crippen MR) is 107 cm³/mol. The summed E-state index contributed by atoms with van der Waals surface area (Å²) >= 11 is 6.17. The molecule has 0 atom stereocenters. The molecule has 2 aromatic rings. The van der Waals surface area contributed by atoms with E-state index in [0.717, 1.165) is 31.5 Å². The molecule has 0 aliphatic carbocycles. The number of halogens is 1. The Morgan fingerprint density at radius 1 is 1.19 bits per heavy atom. The maximum absolute atomic E-state index is 12.4. The molecule has 0 radical (unpaired) electrons. The highest BCUT2D eigenvalue weighted by Crippen LogP contribution is 2.26. The summed E-state index contributed by atoms with van der Waals surface area (Å²) in [5, 5.41) is 6.06. The van der Waals surface area contributed by atoms with Gasteiger partial charge in [-0.3, -0.25) is 0 Å². The number of hydrogen-bond acceptors (Lipinski definition) is 5. The zero-order valence-corrected chi connectivity index (χ0v) is 16.0. The highest BCUT2D eigenvalue weighted by atomic mass is 35.5. The van der Waals surface area contributed by atoms with Crippen molar-refractivity contribution in [2.75, 3.05) is 47.6 Å². The fourth-order valence-electron chi connectivity index (χ4n) is 2.86. The molecule has 1 fully saturated rings. The first-order valence-corrected chi connectivity index (χ1v) is 8.95. The normalized spacial score (nSPS) is 13.6. The zero-order chi connectivity index (χ0) is 18.7. The summed E-state index contributed by atoms with van der Waals surface area (Å²) in [6.07, 6.45) is 3.95. The monoisotopic (exact) mass is 374 g/mol. The average molecular weight is 375 g/mol. The van der Waals surface area contributed by atoms with Gasteiger partial charge in [-0.05, 0) is 37.5 Å². The van der Waals surface area contributed by atoms with E-state index < -0.39 is 6.03 Å². The number of rotatable bonds is 4. The fraction of sp³-hybridized carbons (Fsp3) is 0.389. The quantitative estimate of drug-likeness (QED) is 0.852. The summed E-state index contributed by atoms with van der Waals surface area (Å²) in [5.41, 5.74) is 2.12. The Hall–Kier alpha value is -2.54. The molecule has 1 aliphatic heterocycles. The van der Waals surface area contributed by atoms with Crippen LogP contribution in [0.3, 0.4) is 0 Å². The van der Waals surface area contributed by atoms with Crippen LogP contribution < -0.4 is 20.4 Å². The van der Waals surface area contributed by atoms with Crippen molar-refractivity contribution in [2.24, 2.45) is 0 Å². The lowest BCUT2D eigenvalue weighted by atomic mass is 10.2. The number of urea groups is 1. The summed E-state index contributed by atoms with van der Waals surface area (Å²) in [6, 6.07) is 5.07. The van der Waals surface area contributed by atoms with Gasteiger partial charge in [-0.2, -0.15) is 4.98 Å². The van der Waals surface area contributed by atoms with Crippen LogP contribution in [0.2, 0.25) is 5.02 Å². The number of hydrogen-bond donors (Lipinski definition) is 2. The van der Waals surface area contributed by atoms with Gasteiger partial charge in [0.15, 0.2) is 5.82 Å². The minimum Gasteiger partial charge on any atom is -0.361 e. The van der Waals surface area contributed by atoms with Gasteiger partial charge in [0.1, 0.15) is 5.69 Å². The van der Waals surface area contributed by atoms with Crippen molar-refractivity contribution < 1.29 is 4.79 Å². The van der Waals surface area contributed by atoms with Crippen molar-refractivity contribution >= 4 is 40.8 Å². The van der Waals surface area contributed by atoms with Crippen LogP contribution in [-0.2, 0) is 0 Å². The molecule has 8 heteroatoms. The Balaban J connectivity index is 1.76. The van der Waals surface area contributed by atoms with E-state index in [1.54, 1.807) is 18.3 Å². The molecule has 1 aliphatic rings. The van der Waals surface area contributed by atoms with Crippen LogP contribution in [0.15, 0.2) is 24.4 Å². The Morgan fingerprint density at radius 3 is 2.54 bits per heavy atom. The standard InChI is InChI=1S/C18H23ClN6O/c1-12-6-7-14(13(19)10-12)21-18(26)22-15-11-20-17(23-16(15)24(2)3)25-8-4-5-9-25/h6-7,10-11H,4-5,8-9H2,1-3H3,(H2,21,22,26). The van der Waals surface area contributed by atoms with Crippen LogP contribution in [-0.4, -0.2) is 43.2 Å². The van der Waals surface area contributed by atoms with Gasteiger partial charge in [0.25, 0.3) is 0 Å². The summed E-state index contributed by atoms with van der Waals surface area (Å²) in [4.78, 5) is 25.4. The number of carbonyl (C=O) groups is 1. The maximum Gasteiger partial charge on any atom is 0.323 e. The molecule has 7 nitrogen and oxygen atoms in total. The molecule has 0 unspecified atom stereocenters. The number of aromatic nitrogens is 2. The highest BCUT2D eigenvalue weighted by molar-refractivity contribution is 6.33. The van der Waals surface area contributed by atoms with E-state index in [0.29, 0.717) is 28.2 Å². The average Bonchev–Trinajstić information content (AvgIpc) is 3.12. The molecule has 2 N–H and O–H groups in total. The van der Waals surface area contributed by atoms with Crippen molar-refractivity contribution in [3.8, 4) is 0 Å². The lowest BCUT2D eigenvalue weighted by Crippen LogP contribution is -2.25. The van der Waals surface area contributed by atoms with Crippen molar-refractivity contribution in [3.05, 3.63) is 35.0 Å². The lowest BCUT2D eigenvalue weighted by Gasteiger charge is -2.21. The van der Waals surface area contributed by atoms with Crippen LogP contribution in [0.1, 0.15) is 18.4 Å². The molecule has 2 amide bonds. The summed E-state index contributed by atoms with van der Waals surface area (Å²) < 4.78 is 0. The van der Waals surface area contributed by atoms with Crippen LogP contribution in [0, 0.1) is 6.92 Å².